The average molecular weight is 619 g/mol. The molecule has 0 aliphatic carbocycles. The van der Waals surface area contributed by atoms with Crippen molar-refractivity contribution in [1.29, 1.82) is 0 Å². The van der Waals surface area contributed by atoms with Crippen LogP contribution in [0.1, 0.15) is 88.4 Å². The van der Waals surface area contributed by atoms with Gasteiger partial charge in [0.05, 0.1) is 54.4 Å². The van der Waals surface area contributed by atoms with Crippen LogP contribution in [0.4, 0.5) is 0 Å². The van der Waals surface area contributed by atoms with E-state index in [2.05, 4.69) is 28.2 Å². The zero-order valence-electron chi connectivity index (χ0n) is 29.2. The van der Waals surface area contributed by atoms with Crippen LogP contribution in [0.2, 0.25) is 0 Å². The lowest BCUT2D eigenvalue weighted by Gasteiger charge is -2.30. The van der Waals surface area contributed by atoms with Gasteiger partial charge in [-0.05, 0) is 65.2 Å². The number of hydrogen-bond acceptors (Lipinski definition) is 4. The minimum Gasteiger partial charge on any atom is -0.328 e. The molecule has 10 heteroatoms. The summed E-state index contributed by atoms with van der Waals surface area (Å²) in [5, 5.41) is 0. The van der Waals surface area contributed by atoms with Crippen LogP contribution in [0, 0.1) is 13.8 Å². The molecule has 0 spiro atoms. The smallest absolute Gasteiger partial charge is 0.328 e. The maximum Gasteiger partial charge on any atom is 0.330 e. The third kappa shape index (κ3) is 12.3. The number of nitrogens with zero attached hydrogens (tertiary/aromatic N) is 6. The van der Waals surface area contributed by atoms with Crippen molar-refractivity contribution in [3.05, 3.63) is 65.2 Å². The van der Waals surface area contributed by atoms with E-state index in [0.717, 1.165) is 59.1 Å². The Morgan fingerprint density at radius 3 is 1.07 bits per heavy atom. The van der Waals surface area contributed by atoms with Crippen LogP contribution in [0.3, 0.4) is 0 Å². The summed E-state index contributed by atoms with van der Waals surface area (Å²) in [6.45, 7) is 9.57. The molecule has 250 valence electrons. The van der Waals surface area contributed by atoms with E-state index < -0.39 is 0 Å². The van der Waals surface area contributed by atoms with Crippen LogP contribution in [0.15, 0.2) is 31.3 Å². The molecule has 0 aromatic carbocycles. The van der Waals surface area contributed by atoms with E-state index in [1.165, 1.54) is 73.6 Å². The van der Waals surface area contributed by atoms with Gasteiger partial charge >= 0.3 is 11.4 Å². The highest BCUT2D eigenvalue weighted by molar-refractivity contribution is 5.00. The third-order valence-electron chi connectivity index (χ3n) is 9.28. The molecule has 0 saturated heterocycles. The Morgan fingerprint density at radius 1 is 0.477 bits per heavy atom. The van der Waals surface area contributed by atoms with Gasteiger partial charge in [-0.1, -0.05) is 25.7 Å². The molecule has 2 aromatic heterocycles. The molecular weight excluding hydrogens is 556 g/mol. The predicted octanol–water partition coefficient (Wildman–Crippen LogP) is 3.56. The maximum atomic E-state index is 12.4. The second kappa shape index (κ2) is 17.7. The third-order valence-corrected chi connectivity index (χ3v) is 9.28. The zero-order chi connectivity index (χ0) is 32.9. The highest BCUT2D eigenvalue weighted by atomic mass is 16.2. The minimum atomic E-state index is -0.239. The van der Waals surface area contributed by atoms with Crippen molar-refractivity contribution < 1.29 is 8.97 Å². The first-order chi connectivity index (χ1) is 20.6. The fourth-order valence-corrected chi connectivity index (χ4v) is 6.09. The molecule has 0 aliphatic rings. The highest BCUT2D eigenvalue weighted by Crippen LogP contribution is 2.13. The molecular formula is C34H62N6O4+2. The van der Waals surface area contributed by atoms with Crippen molar-refractivity contribution >= 4 is 0 Å². The molecule has 0 unspecified atom stereocenters. The predicted molar refractivity (Wildman–Crippen MR) is 180 cm³/mol. The van der Waals surface area contributed by atoms with E-state index in [-0.39, 0.29) is 22.5 Å². The molecule has 0 fully saturated rings. The Bertz CT molecular complexity index is 1310. The van der Waals surface area contributed by atoms with Gasteiger partial charge in [-0.15, -0.1) is 0 Å². The van der Waals surface area contributed by atoms with E-state index >= 15 is 0 Å². The first kappa shape index (κ1) is 37.5. The molecule has 0 radical (unpaired) electrons. The summed E-state index contributed by atoms with van der Waals surface area (Å²) < 4.78 is 7.83. The fourth-order valence-electron chi connectivity index (χ4n) is 6.09. The van der Waals surface area contributed by atoms with Crippen molar-refractivity contribution in [2.24, 2.45) is 14.1 Å². The van der Waals surface area contributed by atoms with Crippen LogP contribution in [-0.2, 0) is 27.2 Å². The number of quaternary nitrogens is 2. The maximum absolute atomic E-state index is 12.4. The van der Waals surface area contributed by atoms with Gasteiger partial charge in [0.2, 0.25) is 0 Å². The second-order valence-corrected chi connectivity index (χ2v) is 14.2. The summed E-state index contributed by atoms with van der Waals surface area (Å²) in [6, 6.07) is 3.08. The summed E-state index contributed by atoms with van der Waals surface area (Å²) in [4.78, 5) is 48.2. The van der Waals surface area contributed by atoms with Crippen LogP contribution in [-0.4, -0.2) is 81.6 Å². The number of rotatable bonds is 21. The molecule has 2 heterocycles. The molecule has 0 aliphatic heterocycles. The second-order valence-electron chi connectivity index (χ2n) is 14.2. The first-order valence-corrected chi connectivity index (χ1v) is 16.8. The Morgan fingerprint density at radius 2 is 0.750 bits per heavy atom. The topological polar surface area (TPSA) is 88.0 Å². The van der Waals surface area contributed by atoms with Gasteiger partial charge in [0, 0.05) is 50.7 Å². The Balaban J connectivity index is 1.49. The standard InChI is InChI=1S/C34H62N6O4/c1-29-27-31(41)35(3)33(43)37(29)21-15-19-25-39(5,6)23-17-13-11-9-10-12-14-18-24-40(7,8)26-20-16-22-38-30(2)28-32(42)36(4)34(38)44/h27-28H,9-26H2,1-8H3/q+2. The molecule has 0 amide bonds. The summed E-state index contributed by atoms with van der Waals surface area (Å²) in [6.07, 6.45) is 14.4. The Labute approximate surface area is 264 Å². The van der Waals surface area contributed by atoms with Crippen molar-refractivity contribution in [3.8, 4) is 0 Å². The molecule has 44 heavy (non-hydrogen) atoms. The van der Waals surface area contributed by atoms with E-state index in [4.69, 9.17) is 0 Å². The van der Waals surface area contributed by atoms with Gasteiger partial charge in [0.15, 0.2) is 0 Å². The van der Waals surface area contributed by atoms with Gasteiger partial charge in [0.1, 0.15) is 0 Å². The van der Waals surface area contributed by atoms with Crippen LogP contribution in [0.5, 0.6) is 0 Å². The molecule has 2 aromatic rings. The quantitative estimate of drug-likeness (QED) is 0.158. The van der Waals surface area contributed by atoms with E-state index in [1.807, 2.05) is 13.8 Å². The molecule has 0 bridgehead atoms. The molecule has 0 N–H and O–H groups in total. The fraction of sp³-hybridized carbons (Fsp3) is 0.765. The SMILES string of the molecule is Cc1cc(=O)n(C)c(=O)n1CCCC[N+](C)(C)CCCCCCCCCC[N+](C)(C)CCCCn1c(C)cc(=O)n(C)c1=O. The normalized spacial score (nSPS) is 12.3. The number of unbranched alkanes of at least 4 members (excludes halogenated alkanes) is 9. The molecule has 2 rings (SSSR count). The summed E-state index contributed by atoms with van der Waals surface area (Å²) >= 11 is 0. The Hall–Kier alpha value is -2.72. The lowest BCUT2D eigenvalue weighted by molar-refractivity contribution is -0.890. The molecule has 0 saturated carbocycles. The van der Waals surface area contributed by atoms with Crippen molar-refractivity contribution in [2.75, 3.05) is 54.4 Å². The van der Waals surface area contributed by atoms with Gasteiger partial charge in [-0.3, -0.25) is 27.9 Å². The number of aryl methyl sites for hydroxylation is 2. The van der Waals surface area contributed by atoms with E-state index in [0.29, 0.717) is 13.1 Å². The lowest BCUT2D eigenvalue weighted by Crippen LogP contribution is -2.41. The Kier molecular flexibility index (Phi) is 15.1. The van der Waals surface area contributed by atoms with Crippen molar-refractivity contribution in [3.63, 3.8) is 0 Å². The van der Waals surface area contributed by atoms with E-state index in [9.17, 15) is 19.2 Å². The average Bonchev–Trinajstić information content (AvgIpc) is 2.94. The summed E-state index contributed by atoms with van der Waals surface area (Å²) in [5.41, 5.74) is 0.572. The largest absolute Gasteiger partial charge is 0.330 e. The minimum absolute atomic E-state index is 0.218. The van der Waals surface area contributed by atoms with E-state index in [1.54, 1.807) is 35.4 Å². The molecule has 10 nitrogen and oxygen atoms in total. The van der Waals surface area contributed by atoms with Gasteiger partial charge in [-0.2, -0.15) is 0 Å². The van der Waals surface area contributed by atoms with Gasteiger partial charge in [-0.25, -0.2) is 9.59 Å². The summed E-state index contributed by atoms with van der Waals surface area (Å²) in [5.74, 6) is 0. The molecule has 0 atom stereocenters. The zero-order valence-corrected chi connectivity index (χ0v) is 29.2. The van der Waals surface area contributed by atoms with Gasteiger partial charge in [0.25, 0.3) is 11.1 Å². The van der Waals surface area contributed by atoms with Gasteiger partial charge < -0.3 is 8.97 Å². The van der Waals surface area contributed by atoms with Crippen molar-refractivity contribution in [1.82, 2.24) is 18.3 Å². The summed E-state index contributed by atoms with van der Waals surface area (Å²) in [7, 11) is 12.3. The number of hydrogen-bond donors (Lipinski definition) is 0. The monoisotopic (exact) mass is 618 g/mol. The first-order valence-electron chi connectivity index (χ1n) is 16.8. The van der Waals surface area contributed by atoms with Crippen LogP contribution < -0.4 is 22.5 Å². The van der Waals surface area contributed by atoms with Crippen LogP contribution in [0.25, 0.3) is 0 Å². The number of aromatic nitrogens is 4. The van der Waals surface area contributed by atoms with Crippen molar-refractivity contribution in [2.45, 2.75) is 104 Å². The lowest BCUT2D eigenvalue weighted by atomic mass is 10.1. The highest BCUT2D eigenvalue weighted by Gasteiger charge is 2.16. The van der Waals surface area contributed by atoms with Crippen LogP contribution >= 0.6 is 0 Å².